The van der Waals surface area contributed by atoms with Crippen LogP contribution in [-0.2, 0) is 10.2 Å². The van der Waals surface area contributed by atoms with Crippen molar-refractivity contribution in [3.8, 4) is 0 Å². The van der Waals surface area contributed by atoms with Gasteiger partial charge in [0.2, 0.25) is 5.89 Å². The van der Waals surface area contributed by atoms with Gasteiger partial charge >= 0.3 is 6.09 Å². The normalized spacial score (nSPS) is 12.5. The monoisotopic (exact) mass is 290 g/mol. The highest BCUT2D eigenvalue weighted by molar-refractivity contribution is 5.95. The lowest BCUT2D eigenvalue weighted by Crippen LogP contribution is -2.27. The summed E-state index contributed by atoms with van der Waals surface area (Å²) in [5.41, 5.74) is 1.10. The number of nitrogens with zero attached hydrogens (tertiary/aromatic N) is 1. The molecule has 0 radical (unpaired) electrons. The van der Waals surface area contributed by atoms with Gasteiger partial charge < -0.3 is 9.15 Å². The summed E-state index contributed by atoms with van der Waals surface area (Å²) in [4.78, 5) is 16.3. The number of amides is 1. The van der Waals surface area contributed by atoms with Crippen LogP contribution in [0.15, 0.2) is 22.6 Å². The Kier molecular flexibility index (Phi) is 3.70. The number of nitrogens with one attached hydrogen (secondary N) is 1. The molecule has 1 aromatic heterocycles. The molecule has 0 bridgehead atoms. The lowest BCUT2D eigenvalue weighted by Gasteiger charge is -2.19. The second kappa shape index (κ2) is 5.06. The number of para-hydroxylation sites is 1. The fraction of sp³-hybridized carbons (Fsp3) is 0.500. The molecule has 2 aromatic rings. The van der Waals surface area contributed by atoms with E-state index in [1.807, 2.05) is 53.7 Å². The third kappa shape index (κ3) is 3.74. The van der Waals surface area contributed by atoms with E-state index in [-0.39, 0.29) is 5.41 Å². The summed E-state index contributed by atoms with van der Waals surface area (Å²) in [5, 5.41) is 2.71. The molecule has 21 heavy (non-hydrogen) atoms. The van der Waals surface area contributed by atoms with E-state index in [0.29, 0.717) is 22.7 Å². The first-order chi connectivity index (χ1) is 9.56. The summed E-state index contributed by atoms with van der Waals surface area (Å²) in [6.07, 6.45) is -0.510. The van der Waals surface area contributed by atoms with E-state index in [1.54, 1.807) is 6.07 Å². The van der Waals surface area contributed by atoms with Crippen molar-refractivity contribution in [2.24, 2.45) is 0 Å². The fourth-order valence-corrected chi connectivity index (χ4v) is 1.78. The van der Waals surface area contributed by atoms with Gasteiger partial charge in [0.25, 0.3) is 0 Å². The minimum absolute atomic E-state index is 0.192. The number of hydrogen-bond acceptors (Lipinski definition) is 4. The SMILES string of the molecule is CC(C)(C)OC(=O)Nc1cccc2nc(C(C)(C)C)oc12. The van der Waals surface area contributed by atoms with Gasteiger partial charge in [0.15, 0.2) is 5.58 Å². The van der Waals surface area contributed by atoms with Crippen LogP contribution in [0.25, 0.3) is 11.1 Å². The summed E-state index contributed by atoms with van der Waals surface area (Å²) in [5.74, 6) is 0.635. The molecule has 2 rings (SSSR count). The van der Waals surface area contributed by atoms with E-state index in [1.165, 1.54) is 0 Å². The molecule has 0 atom stereocenters. The summed E-state index contributed by atoms with van der Waals surface area (Å²) in [7, 11) is 0. The lowest BCUT2D eigenvalue weighted by molar-refractivity contribution is 0.0636. The number of aromatic nitrogens is 1. The first kappa shape index (κ1) is 15.4. The molecule has 114 valence electrons. The molecule has 0 aliphatic carbocycles. The van der Waals surface area contributed by atoms with Crippen molar-refractivity contribution in [3.05, 3.63) is 24.1 Å². The third-order valence-corrected chi connectivity index (χ3v) is 2.69. The van der Waals surface area contributed by atoms with Crippen molar-refractivity contribution < 1.29 is 13.9 Å². The molecule has 0 saturated carbocycles. The molecular weight excluding hydrogens is 268 g/mol. The molecule has 0 fully saturated rings. The third-order valence-electron chi connectivity index (χ3n) is 2.69. The van der Waals surface area contributed by atoms with Crippen LogP contribution in [-0.4, -0.2) is 16.7 Å². The van der Waals surface area contributed by atoms with Crippen molar-refractivity contribution in [2.45, 2.75) is 52.6 Å². The van der Waals surface area contributed by atoms with Crippen LogP contribution < -0.4 is 5.32 Å². The lowest BCUT2D eigenvalue weighted by atomic mass is 9.97. The molecule has 1 N–H and O–H groups in total. The molecule has 0 unspecified atom stereocenters. The number of ether oxygens (including phenoxy) is 1. The largest absolute Gasteiger partial charge is 0.444 e. The van der Waals surface area contributed by atoms with E-state index in [9.17, 15) is 4.79 Å². The summed E-state index contributed by atoms with van der Waals surface area (Å²) in [6.45, 7) is 11.5. The van der Waals surface area contributed by atoms with Crippen LogP contribution >= 0.6 is 0 Å². The van der Waals surface area contributed by atoms with E-state index in [4.69, 9.17) is 9.15 Å². The number of anilines is 1. The van der Waals surface area contributed by atoms with Crippen LogP contribution in [0.2, 0.25) is 0 Å². The number of benzene rings is 1. The van der Waals surface area contributed by atoms with E-state index in [2.05, 4.69) is 10.3 Å². The second-order valence-electron chi connectivity index (χ2n) is 7.05. The van der Waals surface area contributed by atoms with E-state index < -0.39 is 11.7 Å². The number of rotatable bonds is 1. The van der Waals surface area contributed by atoms with Crippen molar-refractivity contribution >= 4 is 22.9 Å². The van der Waals surface area contributed by atoms with Gasteiger partial charge in [0.1, 0.15) is 11.1 Å². The van der Waals surface area contributed by atoms with Crippen LogP contribution in [0.1, 0.15) is 47.4 Å². The Bertz CT molecular complexity index is 660. The highest BCUT2D eigenvalue weighted by Crippen LogP contribution is 2.30. The quantitative estimate of drug-likeness (QED) is 0.841. The maximum Gasteiger partial charge on any atom is 0.412 e. The minimum Gasteiger partial charge on any atom is -0.444 e. The Morgan fingerprint density at radius 1 is 1.19 bits per heavy atom. The fourth-order valence-electron chi connectivity index (χ4n) is 1.78. The molecule has 5 heteroatoms. The maximum atomic E-state index is 11.9. The Morgan fingerprint density at radius 2 is 1.86 bits per heavy atom. The zero-order valence-electron chi connectivity index (χ0n) is 13.4. The zero-order chi connectivity index (χ0) is 15.8. The minimum atomic E-state index is -0.546. The summed E-state index contributed by atoms with van der Waals surface area (Å²) in [6, 6.07) is 5.45. The second-order valence-corrected chi connectivity index (χ2v) is 7.05. The molecule has 0 saturated heterocycles. The zero-order valence-corrected chi connectivity index (χ0v) is 13.4. The predicted octanol–water partition coefficient (Wildman–Crippen LogP) is 4.47. The summed E-state index contributed by atoms with van der Waals surface area (Å²) >= 11 is 0. The van der Waals surface area contributed by atoms with Crippen molar-refractivity contribution in [2.75, 3.05) is 5.32 Å². The van der Waals surface area contributed by atoms with Gasteiger partial charge in [-0.3, -0.25) is 5.32 Å². The maximum absolute atomic E-state index is 11.9. The van der Waals surface area contributed by atoms with Gasteiger partial charge in [0, 0.05) is 5.41 Å². The molecule has 0 aliphatic rings. The molecular formula is C16H22N2O3. The van der Waals surface area contributed by atoms with Crippen LogP contribution in [0, 0.1) is 0 Å². The first-order valence-corrected chi connectivity index (χ1v) is 6.96. The van der Waals surface area contributed by atoms with Crippen molar-refractivity contribution in [1.29, 1.82) is 0 Å². The van der Waals surface area contributed by atoms with E-state index in [0.717, 1.165) is 0 Å². The Hall–Kier alpha value is -2.04. The van der Waals surface area contributed by atoms with Gasteiger partial charge in [-0.05, 0) is 32.9 Å². The molecule has 1 amide bonds. The van der Waals surface area contributed by atoms with E-state index >= 15 is 0 Å². The number of carbonyl (C=O) groups is 1. The van der Waals surface area contributed by atoms with Gasteiger partial charge in [-0.15, -0.1) is 0 Å². The topological polar surface area (TPSA) is 64.4 Å². The van der Waals surface area contributed by atoms with Gasteiger partial charge in [-0.2, -0.15) is 0 Å². The number of hydrogen-bond donors (Lipinski definition) is 1. The smallest absolute Gasteiger partial charge is 0.412 e. The van der Waals surface area contributed by atoms with Gasteiger partial charge in [-0.1, -0.05) is 26.8 Å². The first-order valence-electron chi connectivity index (χ1n) is 6.96. The molecule has 5 nitrogen and oxygen atoms in total. The molecule has 0 aliphatic heterocycles. The predicted molar refractivity (Wildman–Crippen MR) is 82.6 cm³/mol. The number of carbonyl (C=O) groups excluding carboxylic acids is 1. The van der Waals surface area contributed by atoms with Gasteiger partial charge in [-0.25, -0.2) is 9.78 Å². The van der Waals surface area contributed by atoms with Crippen LogP contribution in [0.3, 0.4) is 0 Å². The number of oxazole rings is 1. The molecule has 1 heterocycles. The van der Waals surface area contributed by atoms with Crippen molar-refractivity contribution in [1.82, 2.24) is 4.98 Å². The van der Waals surface area contributed by atoms with Crippen LogP contribution in [0.4, 0.5) is 10.5 Å². The highest BCUT2D eigenvalue weighted by atomic mass is 16.6. The Morgan fingerprint density at radius 3 is 2.43 bits per heavy atom. The average molecular weight is 290 g/mol. The summed E-state index contributed by atoms with van der Waals surface area (Å²) < 4.78 is 11.1. The Balaban J connectivity index is 2.32. The Labute approximate surface area is 124 Å². The average Bonchev–Trinajstić information content (AvgIpc) is 2.70. The molecule has 0 spiro atoms. The van der Waals surface area contributed by atoms with Crippen LogP contribution in [0.5, 0.6) is 0 Å². The standard InChI is InChI=1S/C16H22N2O3/c1-15(2,3)13-17-10-8-7-9-11(12(10)20-13)18-14(19)21-16(4,5)6/h7-9H,1-6H3,(H,18,19). The highest BCUT2D eigenvalue weighted by Gasteiger charge is 2.23. The van der Waals surface area contributed by atoms with Gasteiger partial charge in [0.05, 0.1) is 5.69 Å². The number of fused-ring (bicyclic) bond motifs is 1. The van der Waals surface area contributed by atoms with Crippen molar-refractivity contribution in [3.63, 3.8) is 0 Å². The molecule has 1 aromatic carbocycles.